The van der Waals surface area contributed by atoms with Crippen molar-refractivity contribution >= 4 is 11.9 Å². The highest BCUT2D eigenvalue weighted by atomic mass is 16.5. The number of ether oxygens (including phenoxy) is 2. The van der Waals surface area contributed by atoms with E-state index in [1.54, 1.807) is 12.1 Å². The SMILES string of the molecule is COC(=O)CCCCC[C@@H](OC(=O)c1ccccc1)c1ccccc1. The van der Waals surface area contributed by atoms with Gasteiger partial charge in [0.1, 0.15) is 6.10 Å². The Morgan fingerprint density at radius 3 is 2.16 bits per heavy atom. The lowest BCUT2D eigenvalue weighted by Crippen LogP contribution is -2.12. The van der Waals surface area contributed by atoms with Gasteiger partial charge in [0.25, 0.3) is 0 Å². The first-order valence-electron chi connectivity index (χ1n) is 8.58. The van der Waals surface area contributed by atoms with Crippen molar-refractivity contribution in [2.45, 2.75) is 38.2 Å². The molecule has 0 N–H and O–H groups in total. The summed E-state index contributed by atoms with van der Waals surface area (Å²) in [6, 6.07) is 18.8. The minimum absolute atomic E-state index is 0.185. The number of esters is 2. The van der Waals surface area contributed by atoms with Gasteiger partial charge in [-0.2, -0.15) is 0 Å². The van der Waals surface area contributed by atoms with Gasteiger partial charge < -0.3 is 9.47 Å². The smallest absolute Gasteiger partial charge is 0.338 e. The van der Waals surface area contributed by atoms with Crippen molar-refractivity contribution < 1.29 is 19.1 Å². The second-order valence-electron chi connectivity index (χ2n) is 5.85. The Balaban J connectivity index is 1.92. The Morgan fingerprint density at radius 2 is 1.52 bits per heavy atom. The molecule has 0 aromatic heterocycles. The first-order chi connectivity index (χ1) is 12.2. The van der Waals surface area contributed by atoms with Crippen molar-refractivity contribution in [3.8, 4) is 0 Å². The molecule has 0 fully saturated rings. The molecule has 4 nitrogen and oxygen atoms in total. The van der Waals surface area contributed by atoms with Crippen molar-refractivity contribution in [3.63, 3.8) is 0 Å². The van der Waals surface area contributed by atoms with E-state index in [2.05, 4.69) is 4.74 Å². The summed E-state index contributed by atoms with van der Waals surface area (Å²) in [7, 11) is 1.40. The summed E-state index contributed by atoms with van der Waals surface area (Å²) < 4.78 is 10.4. The molecule has 2 aromatic carbocycles. The van der Waals surface area contributed by atoms with Crippen LogP contribution in [0.4, 0.5) is 0 Å². The third kappa shape index (κ3) is 6.42. The van der Waals surface area contributed by atoms with Gasteiger partial charge >= 0.3 is 11.9 Å². The lowest BCUT2D eigenvalue weighted by atomic mass is 10.0. The van der Waals surface area contributed by atoms with E-state index >= 15 is 0 Å². The Morgan fingerprint density at radius 1 is 0.880 bits per heavy atom. The highest BCUT2D eigenvalue weighted by Crippen LogP contribution is 2.25. The molecule has 25 heavy (non-hydrogen) atoms. The lowest BCUT2D eigenvalue weighted by molar-refractivity contribution is -0.140. The van der Waals surface area contributed by atoms with E-state index in [0.717, 1.165) is 31.2 Å². The standard InChI is InChI=1S/C21H24O4/c1-24-20(22)16-10-4-9-15-19(17-11-5-2-6-12-17)25-21(23)18-13-7-3-8-14-18/h2-3,5-8,11-14,19H,4,9-10,15-16H2,1H3/t19-/m1/s1. The van der Waals surface area contributed by atoms with E-state index in [1.165, 1.54) is 7.11 Å². The van der Waals surface area contributed by atoms with Gasteiger partial charge in [0.2, 0.25) is 0 Å². The lowest BCUT2D eigenvalue weighted by Gasteiger charge is -2.18. The molecule has 2 rings (SSSR count). The Kier molecular flexibility index (Phi) is 7.70. The number of methoxy groups -OCH3 is 1. The number of carbonyl (C=O) groups excluding carboxylic acids is 2. The van der Waals surface area contributed by atoms with Gasteiger partial charge in [-0.3, -0.25) is 4.79 Å². The van der Waals surface area contributed by atoms with E-state index < -0.39 is 0 Å². The fraction of sp³-hybridized carbons (Fsp3) is 0.333. The molecule has 1 atom stereocenters. The Labute approximate surface area is 148 Å². The molecule has 0 unspecified atom stereocenters. The van der Waals surface area contributed by atoms with Crippen LogP contribution in [0.5, 0.6) is 0 Å². The van der Waals surface area contributed by atoms with Crippen LogP contribution in [-0.2, 0) is 14.3 Å². The molecule has 0 aliphatic rings. The summed E-state index contributed by atoms with van der Waals surface area (Å²) in [6.45, 7) is 0. The largest absolute Gasteiger partial charge is 0.469 e. The molecule has 0 amide bonds. The second-order valence-corrected chi connectivity index (χ2v) is 5.85. The van der Waals surface area contributed by atoms with Gasteiger partial charge in [-0.05, 0) is 37.0 Å². The van der Waals surface area contributed by atoms with Gasteiger partial charge in [-0.15, -0.1) is 0 Å². The summed E-state index contributed by atoms with van der Waals surface area (Å²) in [5.41, 5.74) is 1.54. The van der Waals surface area contributed by atoms with Gasteiger partial charge in [0.15, 0.2) is 0 Å². The number of benzene rings is 2. The van der Waals surface area contributed by atoms with Crippen LogP contribution in [0, 0.1) is 0 Å². The molecule has 0 bridgehead atoms. The maximum Gasteiger partial charge on any atom is 0.338 e. The summed E-state index contributed by atoms with van der Waals surface area (Å²) in [4.78, 5) is 23.5. The highest BCUT2D eigenvalue weighted by molar-refractivity contribution is 5.89. The molecular weight excluding hydrogens is 316 g/mol. The summed E-state index contributed by atoms with van der Waals surface area (Å²) in [5, 5.41) is 0. The summed E-state index contributed by atoms with van der Waals surface area (Å²) in [5.74, 6) is -0.501. The van der Waals surface area contributed by atoms with Crippen LogP contribution in [0.3, 0.4) is 0 Å². The van der Waals surface area contributed by atoms with E-state index in [9.17, 15) is 9.59 Å². The highest BCUT2D eigenvalue weighted by Gasteiger charge is 2.17. The third-order valence-corrected chi connectivity index (χ3v) is 4.01. The van der Waals surface area contributed by atoms with Crippen molar-refractivity contribution in [3.05, 3.63) is 71.8 Å². The Hall–Kier alpha value is -2.62. The van der Waals surface area contributed by atoms with Gasteiger partial charge in [0, 0.05) is 6.42 Å². The van der Waals surface area contributed by atoms with E-state index in [4.69, 9.17) is 4.74 Å². The quantitative estimate of drug-likeness (QED) is 0.490. The fourth-order valence-electron chi connectivity index (χ4n) is 2.61. The second kappa shape index (κ2) is 10.3. The monoisotopic (exact) mass is 340 g/mol. The van der Waals surface area contributed by atoms with E-state index in [0.29, 0.717) is 12.0 Å². The normalized spacial score (nSPS) is 11.6. The van der Waals surface area contributed by atoms with Crippen LogP contribution in [-0.4, -0.2) is 19.0 Å². The average Bonchev–Trinajstić information content (AvgIpc) is 2.67. The van der Waals surface area contributed by atoms with Crippen LogP contribution in [0.25, 0.3) is 0 Å². The van der Waals surface area contributed by atoms with Crippen LogP contribution in [0.1, 0.15) is 54.1 Å². The molecule has 0 radical (unpaired) electrons. The van der Waals surface area contributed by atoms with E-state index in [-0.39, 0.29) is 18.0 Å². The predicted octanol–water partition coefficient (Wildman–Crippen LogP) is 4.71. The van der Waals surface area contributed by atoms with Crippen molar-refractivity contribution in [2.24, 2.45) is 0 Å². The molecule has 132 valence electrons. The molecule has 0 aliphatic carbocycles. The number of carbonyl (C=O) groups is 2. The van der Waals surface area contributed by atoms with Gasteiger partial charge in [0.05, 0.1) is 12.7 Å². The van der Waals surface area contributed by atoms with Crippen LogP contribution >= 0.6 is 0 Å². The third-order valence-electron chi connectivity index (χ3n) is 4.01. The minimum Gasteiger partial charge on any atom is -0.469 e. The first kappa shape index (κ1) is 18.7. The number of hydrogen-bond donors (Lipinski definition) is 0. The van der Waals surface area contributed by atoms with Crippen molar-refractivity contribution in [1.82, 2.24) is 0 Å². The molecule has 0 heterocycles. The Bertz CT molecular complexity index is 652. The van der Waals surface area contributed by atoms with Crippen LogP contribution in [0.2, 0.25) is 0 Å². The number of rotatable bonds is 9. The zero-order chi connectivity index (χ0) is 17.9. The maximum atomic E-state index is 12.4. The maximum absolute atomic E-state index is 12.4. The van der Waals surface area contributed by atoms with Crippen LogP contribution < -0.4 is 0 Å². The number of hydrogen-bond acceptors (Lipinski definition) is 4. The topological polar surface area (TPSA) is 52.6 Å². The number of unbranched alkanes of at least 4 members (excludes halogenated alkanes) is 2. The molecule has 0 saturated carbocycles. The van der Waals surface area contributed by atoms with Crippen LogP contribution in [0.15, 0.2) is 60.7 Å². The molecule has 0 saturated heterocycles. The molecular formula is C21H24O4. The van der Waals surface area contributed by atoms with Gasteiger partial charge in [-0.1, -0.05) is 55.0 Å². The zero-order valence-electron chi connectivity index (χ0n) is 14.5. The molecule has 0 spiro atoms. The molecule has 0 aliphatic heterocycles. The van der Waals surface area contributed by atoms with E-state index in [1.807, 2.05) is 48.5 Å². The fourth-order valence-corrected chi connectivity index (χ4v) is 2.61. The van der Waals surface area contributed by atoms with Crippen molar-refractivity contribution in [2.75, 3.05) is 7.11 Å². The summed E-state index contributed by atoms with van der Waals surface area (Å²) in [6.07, 6.45) is 3.41. The molecule has 4 heteroatoms. The first-order valence-corrected chi connectivity index (χ1v) is 8.58. The zero-order valence-corrected chi connectivity index (χ0v) is 14.5. The summed E-state index contributed by atoms with van der Waals surface area (Å²) >= 11 is 0. The van der Waals surface area contributed by atoms with Gasteiger partial charge in [-0.25, -0.2) is 4.79 Å². The predicted molar refractivity (Wildman–Crippen MR) is 96.1 cm³/mol. The average molecular weight is 340 g/mol. The minimum atomic E-state index is -0.316. The van der Waals surface area contributed by atoms with Crippen molar-refractivity contribution in [1.29, 1.82) is 0 Å². The molecule has 2 aromatic rings.